The lowest BCUT2D eigenvalue weighted by atomic mass is 9.93. The third kappa shape index (κ3) is 5.49. The van der Waals surface area contributed by atoms with E-state index in [0.29, 0.717) is 31.1 Å². The Morgan fingerprint density at radius 2 is 2.23 bits per heavy atom. The first kappa shape index (κ1) is 19.8. The first-order chi connectivity index (χ1) is 12.5. The molecule has 0 aromatic heterocycles. The van der Waals surface area contributed by atoms with Gasteiger partial charge >= 0.3 is 5.97 Å². The van der Waals surface area contributed by atoms with Crippen molar-refractivity contribution in [3.8, 4) is 11.5 Å². The van der Waals surface area contributed by atoms with E-state index < -0.39 is 17.9 Å². The summed E-state index contributed by atoms with van der Waals surface area (Å²) >= 11 is 0. The number of nitrogens with one attached hydrogen (secondary N) is 1. The van der Waals surface area contributed by atoms with Gasteiger partial charge in [-0.2, -0.15) is 0 Å². The summed E-state index contributed by atoms with van der Waals surface area (Å²) in [5, 5.41) is 11.9. The molecule has 1 amide bonds. The van der Waals surface area contributed by atoms with Crippen LogP contribution in [0.15, 0.2) is 24.3 Å². The topological polar surface area (TPSA) is 94.1 Å². The molecule has 7 nitrogen and oxygen atoms in total. The number of carbonyl (C=O) groups excluding carboxylic acids is 1. The number of aliphatic carboxylic acids is 1. The molecule has 2 atom stereocenters. The molecule has 2 rings (SSSR count). The molecule has 2 N–H and O–H groups in total. The van der Waals surface area contributed by atoms with Gasteiger partial charge in [0, 0.05) is 12.5 Å². The van der Waals surface area contributed by atoms with Gasteiger partial charge in [0.05, 0.1) is 13.7 Å². The van der Waals surface area contributed by atoms with E-state index in [-0.39, 0.29) is 12.5 Å². The van der Waals surface area contributed by atoms with Crippen molar-refractivity contribution in [3.63, 3.8) is 0 Å². The Hall–Kier alpha value is -2.54. The van der Waals surface area contributed by atoms with E-state index in [1.807, 2.05) is 25.1 Å². The lowest BCUT2D eigenvalue weighted by molar-refractivity contribution is -0.145. The van der Waals surface area contributed by atoms with Crippen molar-refractivity contribution in [3.05, 3.63) is 29.8 Å². The molecule has 7 heteroatoms. The zero-order valence-electron chi connectivity index (χ0n) is 15.1. The molecule has 1 aliphatic heterocycles. The average Bonchev–Trinajstić information content (AvgIpc) is 2.65. The number of hydrogen-bond donors (Lipinski definition) is 2. The van der Waals surface area contributed by atoms with E-state index in [4.69, 9.17) is 14.2 Å². The first-order valence-corrected chi connectivity index (χ1v) is 8.58. The second kappa shape index (κ2) is 9.82. The van der Waals surface area contributed by atoms with Crippen LogP contribution in [0.3, 0.4) is 0 Å². The molecule has 0 saturated carbocycles. The molecule has 0 radical (unpaired) electrons. The predicted molar refractivity (Wildman–Crippen MR) is 96.3 cm³/mol. The Bertz CT molecular complexity index is 651. The van der Waals surface area contributed by atoms with Gasteiger partial charge in [-0.3, -0.25) is 4.79 Å². The summed E-state index contributed by atoms with van der Waals surface area (Å²) < 4.78 is 16.1. The SMILES string of the molecule is C/C=C/c1ccc(OCC(=O)NC(C(=O)O)C2CCCOC2)c(OC)c1. The van der Waals surface area contributed by atoms with Crippen LogP contribution in [0.4, 0.5) is 0 Å². The van der Waals surface area contributed by atoms with Crippen LogP contribution >= 0.6 is 0 Å². The molecule has 1 aliphatic rings. The van der Waals surface area contributed by atoms with Crippen LogP contribution < -0.4 is 14.8 Å². The number of hydrogen-bond acceptors (Lipinski definition) is 5. The van der Waals surface area contributed by atoms with Crippen molar-refractivity contribution in [2.75, 3.05) is 26.9 Å². The molecular formula is C19H25NO6. The van der Waals surface area contributed by atoms with Crippen molar-refractivity contribution < 1.29 is 28.9 Å². The Kier molecular flexibility index (Phi) is 7.47. The third-order valence-electron chi connectivity index (χ3n) is 4.16. The molecule has 1 heterocycles. The van der Waals surface area contributed by atoms with E-state index in [1.165, 1.54) is 7.11 Å². The number of carbonyl (C=O) groups is 2. The van der Waals surface area contributed by atoms with Crippen LogP contribution in [-0.2, 0) is 14.3 Å². The van der Waals surface area contributed by atoms with Gasteiger partial charge in [-0.15, -0.1) is 0 Å². The molecule has 142 valence electrons. The minimum Gasteiger partial charge on any atom is -0.493 e. The summed E-state index contributed by atoms with van der Waals surface area (Å²) in [6, 6.07) is 4.37. The van der Waals surface area contributed by atoms with Crippen LogP contribution in [-0.4, -0.2) is 50.0 Å². The second-order valence-corrected chi connectivity index (χ2v) is 6.06. The lowest BCUT2D eigenvalue weighted by Gasteiger charge is -2.28. The van der Waals surface area contributed by atoms with Gasteiger partial charge in [-0.05, 0) is 37.5 Å². The van der Waals surface area contributed by atoms with E-state index in [0.717, 1.165) is 12.0 Å². The number of allylic oxidation sites excluding steroid dienone is 1. The highest BCUT2D eigenvalue weighted by Crippen LogP contribution is 2.28. The van der Waals surface area contributed by atoms with Gasteiger partial charge in [0.2, 0.25) is 0 Å². The highest BCUT2D eigenvalue weighted by atomic mass is 16.5. The standard InChI is InChI=1S/C19H25NO6/c1-3-5-13-7-8-15(16(10-13)24-2)26-12-17(21)20-18(19(22)23)14-6-4-9-25-11-14/h3,5,7-8,10,14,18H,4,6,9,11-12H2,1-2H3,(H,20,21)(H,22,23)/b5-3+. The second-order valence-electron chi connectivity index (χ2n) is 6.06. The molecule has 0 aliphatic carbocycles. The van der Waals surface area contributed by atoms with Crippen molar-refractivity contribution in [1.29, 1.82) is 0 Å². The van der Waals surface area contributed by atoms with Crippen LogP contribution in [0.1, 0.15) is 25.3 Å². The van der Waals surface area contributed by atoms with Gasteiger partial charge in [0.25, 0.3) is 5.91 Å². The Morgan fingerprint density at radius 3 is 2.85 bits per heavy atom. The number of ether oxygens (including phenoxy) is 3. The zero-order chi connectivity index (χ0) is 18.9. The average molecular weight is 363 g/mol. The summed E-state index contributed by atoms with van der Waals surface area (Å²) in [4.78, 5) is 23.6. The number of carboxylic acid groups (broad SMARTS) is 1. The normalized spacial score (nSPS) is 18.3. The van der Waals surface area contributed by atoms with Gasteiger partial charge in [0.1, 0.15) is 6.04 Å². The van der Waals surface area contributed by atoms with Crippen molar-refractivity contribution in [1.82, 2.24) is 5.32 Å². The van der Waals surface area contributed by atoms with Crippen LogP contribution in [0.25, 0.3) is 6.08 Å². The summed E-state index contributed by atoms with van der Waals surface area (Å²) in [5.41, 5.74) is 0.949. The fourth-order valence-corrected chi connectivity index (χ4v) is 2.87. The third-order valence-corrected chi connectivity index (χ3v) is 4.16. The Labute approximate surface area is 152 Å². The van der Waals surface area contributed by atoms with Gasteiger partial charge < -0.3 is 24.6 Å². The minimum absolute atomic E-state index is 0.236. The van der Waals surface area contributed by atoms with Gasteiger partial charge in [-0.25, -0.2) is 4.79 Å². The van der Waals surface area contributed by atoms with Gasteiger partial charge in [0.15, 0.2) is 18.1 Å². The molecular weight excluding hydrogens is 338 g/mol. The van der Waals surface area contributed by atoms with Crippen LogP contribution in [0.5, 0.6) is 11.5 Å². The maximum absolute atomic E-state index is 12.2. The van der Waals surface area contributed by atoms with E-state index in [2.05, 4.69) is 5.32 Å². The fourth-order valence-electron chi connectivity index (χ4n) is 2.87. The monoisotopic (exact) mass is 363 g/mol. The molecule has 2 unspecified atom stereocenters. The number of carboxylic acids is 1. The minimum atomic E-state index is -1.07. The van der Waals surface area contributed by atoms with E-state index in [9.17, 15) is 14.7 Å². The molecule has 1 aromatic carbocycles. The van der Waals surface area contributed by atoms with Crippen LogP contribution in [0, 0.1) is 5.92 Å². The quantitative estimate of drug-likeness (QED) is 0.735. The first-order valence-electron chi connectivity index (χ1n) is 8.58. The Balaban J connectivity index is 1.95. The molecule has 1 aromatic rings. The number of rotatable bonds is 8. The maximum Gasteiger partial charge on any atom is 0.326 e. The summed E-state index contributed by atoms with van der Waals surface area (Å²) in [5.74, 6) is -0.878. The highest BCUT2D eigenvalue weighted by molar-refractivity contribution is 5.84. The Morgan fingerprint density at radius 1 is 1.42 bits per heavy atom. The van der Waals surface area contributed by atoms with Crippen molar-refractivity contribution in [2.24, 2.45) is 5.92 Å². The molecule has 1 saturated heterocycles. The summed E-state index contributed by atoms with van der Waals surface area (Å²) in [7, 11) is 1.52. The maximum atomic E-state index is 12.2. The molecule has 0 spiro atoms. The number of benzene rings is 1. The fraction of sp³-hybridized carbons (Fsp3) is 0.474. The molecule has 26 heavy (non-hydrogen) atoms. The molecule has 1 fully saturated rings. The number of amides is 1. The summed E-state index contributed by atoms with van der Waals surface area (Å²) in [6.45, 7) is 2.58. The van der Waals surface area contributed by atoms with Crippen molar-refractivity contribution in [2.45, 2.75) is 25.8 Å². The number of methoxy groups -OCH3 is 1. The summed E-state index contributed by atoms with van der Waals surface area (Å²) in [6.07, 6.45) is 5.32. The highest BCUT2D eigenvalue weighted by Gasteiger charge is 2.31. The van der Waals surface area contributed by atoms with Gasteiger partial charge in [-0.1, -0.05) is 18.2 Å². The van der Waals surface area contributed by atoms with E-state index in [1.54, 1.807) is 12.1 Å². The zero-order valence-corrected chi connectivity index (χ0v) is 15.1. The van der Waals surface area contributed by atoms with Crippen LogP contribution in [0.2, 0.25) is 0 Å². The lowest BCUT2D eigenvalue weighted by Crippen LogP contribution is -2.49. The smallest absolute Gasteiger partial charge is 0.326 e. The largest absolute Gasteiger partial charge is 0.493 e. The van der Waals surface area contributed by atoms with E-state index >= 15 is 0 Å². The predicted octanol–water partition coefficient (Wildman–Crippen LogP) is 2.10. The van der Waals surface area contributed by atoms with Crippen molar-refractivity contribution >= 4 is 18.0 Å². The molecule has 0 bridgehead atoms.